The van der Waals surface area contributed by atoms with Gasteiger partial charge in [-0.1, -0.05) is 18.2 Å². The number of anilines is 1. The van der Waals surface area contributed by atoms with Crippen LogP contribution < -0.4 is 5.32 Å². The molecule has 0 aliphatic heterocycles. The van der Waals surface area contributed by atoms with Crippen molar-refractivity contribution in [2.24, 2.45) is 7.05 Å². The molecule has 0 bridgehead atoms. The fourth-order valence-electron chi connectivity index (χ4n) is 2.75. The van der Waals surface area contributed by atoms with Gasteiger partial charge in [-0.25, -0.2) is 9.97 Å². The summed E-state index contributed by atoms with van der Waals surface area (Å²) >= 11 is 1.69. The maximum atomic E-state index is 4.84. The van der Waals surface area contributed by atoms with Gasteiger partial charge in [-0.2, -0.15) is 11.3 Å². The SMILES string of the molecule is Cn1c(C(Nc2ccccn2)c2ccsc2)nc2ccccc21. The largest absolute Gasteiger partial charge is 0.356 e. The second-order valence-electron chi connectivity index (χ2n) is 5.37. The van der Waals surface area contributed by atoms with E-state index in [4.69, 9.17) is 4.98 Å². The Bertz CT molecular complexity index is 913. The minimum atomic E-state index is -0.0337. The van der Waals surface area contributed by atoms with E-state index in [1.807, 2.05) is 36.4 Å². The number of fused-ring (bicyclic) bond motifs is 1. The number of thiophene rings is 1. The zero-order chi connectivity index (χ0) is 15.6. The second-order valence-corrected chi connectivity index (χ2v) is 6.15. The van der Waals surface area contributed by atoms with Gasteiger partial charge in [0.05, 0.1) is 11.0 Å². The quantitative estimate of drug-likeness (QED) is 0.612. The Balaban J connectivity index is 1.82. The van der Waals surface area contributed by atoms with Crippen LogP contribution in [0.3, 0.4) is 0 Å². The van der Waals surface area contributed by atoms with Crippen molar-refractivity contribution in [3.05, 3.63) is 76.9 Å². The molecule has 1 unspecified atom stereocenters. The summed E-state index contributed by atoms with van der Waals surface area (Å²) in [6.45, 7) is 0. The van der Waals surface area contributed by atoms with Crippen molar-refractivity contribution in [1.82, 2.24) is 14.5 Å². The lowest BCUT2D eigenvalue weighted by Crippen LogP contribution is -2.16. The molecule has 0 spiro atoms. The summed E-state index contributed by atoms with van der Waals surface area (Å²) in [5, 5.41) is 7.75. The van der Waals surface area contributed by atoms with Crippen molar-refractivity contribution in [1.29, 1.82) is 0 Å². The van der Waals surface area contributed by atoms with Gasteiger partial charge in [0.1, 0.15) is 17.7 Å². The molecule has 0 fully saturated rings. The molecule has 0 radical (unpaired) electrons. The third-order valence-electron chi connectivity index (χ3n) is 3.91. The summed E-state index contributed by atoms with van der Waals surface area (Å²) in [7, 11) is 2.06. The molecule has 23 heavy (non-hydrogen) atoms. The van der Waals surface area contributed by atoms with E-state index in [1.165, 1.54) is 5.56 Å². The lowest BCUT2D eigenvalue weighted by atomic mass is 10.1. The average molecular weight is 320 g/mol. The van der Waals surface area contributed by atoms with Crippen LogP contribution in [0.1, 0.15) is 17.4 Å². The molecule has 4 nitrogen and oxygen atoms in total. The Morgan fingerprint density at radius 2 is 1.96 bits per heavy atom. The smallest absolute Gasteiger partial charge is 0.136 e. The molecule has 0 saturated carbocycles. The average Bonchev–Trinajstić information content (AvgIpc) is 3.23. The minimum Gasteiger partial charge on any atom is -0.356 e. The first-order valence-electron chi connectivity index (χ1n) is 7.44. The molecule has 1 atom stereocenters. The number of hydrogen-bond donors (Lipinski definition) is 1. The predicted octanol–water partition coefficient (Wildman–Crippen LogP) is 4.23. The molecule has 4 aromatic rings. The van der Waals surface area contributed by atoms with Gasteiger partial charge in [-0.3, -0.25) is 0 Å². The van der Waals surface area contributed by atoms with Crippen molar-refractivity contribution < 1.29 is 0 Å². The molecule has 0 amide bonds. The topological polar surface area (TPSA) is 42.7 Å². The zero-order valence-corrected chi connectivity index (χ0v) is 13.5. The highest BCUT2D eigenvalue weighted by molar-refractivity contribution is 7.08. The molecule has 1 N–H and O–H groups in total. The molecule has 0 aliphatic carbocycles. The summed E-state index contributed by atoms with van der Waals surface area (Å²) in [4.78, 5) is 9.23. The van der Waals surface area contributed by atoms with Gasteiger partial charge >= 0.3 is 0 Å². The molecule has 1 aromatic carbocycles. The number of nitrogens with zero attached hydrogens (tertiary/aromatic N) is 3. The summed E-state index contributed by atoms with van der Waals surface area (Å²) in [6, 6.07) is 16.2. The van der Waals surface area contributed by atoms with Gasteiger partial charge in [-0.15, -0.1) is 0 Å². The normalized spacial score (nSPS) is 12.4. The highest BCUT2D eigenvalue weighted by Crippen LogP contribution is 2.29. The van der Waals surface area contributed by atoms with Crippen LogP contribution in [0.4, 0.5) is 5.82 Å². The number of para-hydroxylation sites is 2. The van der Waals surface area contributed by atoms with E-state index >= 15 is 0 Å². The Kier molecular flexibility index (Phi) is 3.55. The predicted molar refractivity (Wildman–Crippen MR) is 94.7 cm³/mol. The number of hydrogen-bond acceptors (Lipinski definition) is 4. The first-order chi connectivity index (χ1) is 11.3. The fraction of sp³-hybridized carbons (Fsp3) is 0.111. The summed E-state index contributed by atoms with van der Waals surface area (Å²) in [6.07, 6.45) is 1.79. The highest BCUT2D eigenvalue weighted by atomic mass is 32.1. The number of benzene rings is 1. The van der Waals surface area contributed by atoms with Crippen LogP contribution in [0.25, 0.3) is 11.0 Å². The lowest BCUT2D eigenvalue weighted by Gasteiger charge is -2.18. The van der Waals surface area contributed by atoms with Crippen LogP contribution in [0.5, 0.6) is 0 Å². The lowest BCUT2D eigenvalue weighted by molar-refractivity contribution is 0.761. The Morgan fingerprint density at radius 1 is 1.09 bits per heavy atom. The molecule has 4 rings (SSSR count). The van der Waals surface area contributed by atoms with Crippen molar-refractivity contribution in [2.45, 2.75) is 6.04 Å². The van der Waals surface area contributed by atoms with Crippen LogP contribution in [-0.2, 0) is 7.05 Å². The van der Waals surface area contributed by atoms with Crippen LogP contribution in [-0.4, -0.2) is 14.5 Å². The molecule has 0 aliphatic rings. The molecular weight excluding hydrogens is 304 g/mol. The Labute approximate surface area is 138 Å². The second kappa shape index (κ2) is 5.85. The first kappa shape index (κ1) is 14.0. The summed E-state index contributed by atoms with van der Waals surface area (Å²) in [5.74, 6) is 1.83. The van der Waals surface area contributed by atoms with Crippen LogP contribution >= 0.6 is 11.3 Å². The van der Waals surface area contributed by atoms with E-state index in [-0.39, 0.29) is 6.04 Å². The third kappa shape index (κ3) is 2.59. The highest BCUT2D eigenvalue weighted by Gasteiger charge is 2.21. The number of rotatable bonds is 4. The van der Waals surface area contributed by atoms with E-state index in [9.17, 15) is 0 Å². The number of aryl methyl sites for hydroxylation is 1. The number of aromatic nitrogens is 3. The van der Waals surface area contributed by atoms with Gasteiger partial charge in [0, 0.05) is 13.2 Å². The Hall–Kier alpha value is -2.66. The van der Waals surface area contributed by atoms with Crippen molar-refractivity contribution in [2.75, 3.05) is 5.32 Å². The Morgan fingerprint density at radius 3 is 2.70 bits per heavy atom. The van der Waals surface area contributed by atoms with Crippen LogP contribution in [0.15, 0.2) is 65.5 Å². The van der Waals surface area contributed by atoms with Crippen LogP contribution in [0, 0.1) is 0 Å². The van der Waals surface area contributed by atoms with Gasteiger partial charge in [-0.05, 0) is 46.7 Å². The van der Waals surface area contributed by atoms with E-state index < -0.39 is 0 Å². The monoisotopic (exact) mass is 320 g/mol. The van der Waals surface area contributed by atoms with Gasteiger partial charge in [0.2, 0.25) is 0 Å². The molecular formula is C18H16N4S. The number of imidazole rings is 1. The zero-order valence-electron chi connectivity index (χ0n) is 12.7. The summed E-state index contributed by atoms with van der Waals surface area (Å²) in [5.41, 5.74) is 3.33. The first-order valence-corrected chi connectivity index (χ1v) is 8.38. The van der Waals surface area contributed by atoms with Crippen molar-refractivity contribution in [3.8, 4) is 0 Å². The standard InChI is InChI=1S/C18H16N4S/c1-22-15-7-3-2-6-14(15)20-18(22)17(13-9-11-23-12-13)21-16-8-4-5-10-19-16/h2-12,17H,1H3,(H,19,21). The molecule has 5 heteroatoms. The van der Waals surface area contributed by atoms with E-state index in [2.05, 4.69) is 44.8 Å². The van der Waals surface area contributed by atoms with E-state index in [0.29, 0.717) is 0 Å². The minimum absolute atomic E-state index is 0.0337. The third-order valence-corrected chi connectivity index (χ3v) is 4.62. The molecule has 114 valence electrons. The van der Waals surface area contributed by atoms with E-state index in [1.54, 1.807) is 17.5 Å². The fourth-order valence-corrected chi connectivity index (χ4v) is 3.44. The van der Waals surface area contributed by atoms with Gasteiger partial charge < -0.3 is 9.88 Å². The van der Waals surface area contributed by atoms with Gasteiger partial charge in [0.25, 0.3) is 0 Å². The molecule has 3 heterocycles. The molecule has 3 aromatic heterocycles. The molecule has 0 saturated heterocycles. The maximum Gasteiger partial charge on any atom is 0.136 e. The van der Waals surface area contributed by atoms with E-state index in [0.717, 1.165) is 22.7 Å². The number of nitrogens with one attached hydrogen (secondary N) is 1. The van der Waals surface area contributed by atoms with Crippen LogP contribution in [0.2, 0.25) is 0 Å². The van der Waals surface area contributed by atoms with Crippen molar-refractivity contribution in [3.63, 3.8) is 0 Å². The van der Waals surface area contributed by atoms with Gasteiger partial charge in [0.15, 0.2) is 0 Å². The number of pyridine rings is 1. The maximum absolute atomic E-state index is 4.84. The summed E-state index contributed by atoms with van der Waals surface area (Å²) < 4.78 is 2.15. The van der Waals surface area contributed by atoms with Crippen molar-refractivity contribution >= 4 is 28.2 Å².